The first kappa shape index (κ1) is 28.6. The zero-order valence-corrected chi connectivity index (χ0v) is 21.8. The fourth-order valence-corrected chi connectivity index (χ4v) is 3.28. The number of primary amides is 1. The van der Waals surface area contributed by atoms with E-state index in [0.717, 1.165) is 4.90 Å². The van der Waals surface area contributed by atoms with Crippen molar-refractivity contribution in [2.45, 2.75) is 54.1 Å². The molecule has 1 aromatic rings. The molecule has 37 heavy (non-hydrogen) atoms. The number of nitrogens with zero attached hydrogens (tertiary/aromatic N) is 3. The van der Waals surface area contributed by atoms with Crippen molar-refractivity contribution >= 4 is 47.3 Å². The lowest BCUT2D eigenvalue weighted by atomic mass is 10.1. The van der Waals surface area contributed by atoms with Crippen molar-refractivity contribution in [2.75, 3.05) is 4.90 Å². The van der Waals surface area contributed by atoms with Crippen LogP contribution in [0.2, 0.25) is 0 Å². The Morgan fingerprint density at radius 3 is 1.95 bits per heavy atom. The van der Waals surface area contributed by atoms with Crippen molar-refractivity contribution in [2.24, 2.45) is 10.7 Å². The molecule has 0 atom stereocenters. The molecule has 0 saturated carbocycles. The molecule has 2 aliphatic rings. The molecule has 2 aliphatic heterocycles. The van der Waals surface area contributed by atoms with E-state index in [1.54, 1.807) is 78.8 Å². The van der Waals surface area contributed by atoms with Crippen LogP contribution in [0.3, 0.4) is 0 Å². The minimum atomic E-state index is -1.16. The van der Waals surface area contributed by atoms with E-state index >= 15 is 0 Å². The summed E-state index contributed by atoms with van der Waals surface area (Å²) >= 11 is 0. The molecule has 1 saturated heterocycles. The fourth-order valence-electron chi connectivity index (χ4n) is 3.28. The number of ether oxygens (including phenoxy) is 1. The van der Waals surface area contributed by atoms with Crippen LogP contribution in [-0.4, -0.2) is 52.1 Å². The van der Waals surface area contributed by atoms with Gasteiger partial charge in [-0.15, -0.1) is 0 Å². The Hall–Kier alpha value is -4.61. The number of carbonyl (C=O) groups is 5. The van der Waals surface area contributed by atoms with Crippen LogP contribution in [0.25, 0.3) is 0 Å². The van der Waals surface area contributed by atoms with Gasteiger partial charge >= 0.3 is 18.1 Å². The molecule has 2 heterocycles. The van der Waals surface area contributed by atoms with Crippen LogP contribution < -0.4 is 16.0 Å². The van der Waals surface area contributed by atoms with Crippen LogP contribution in [-0.2, 0) is 14.3 Å². The molecule has 12 heteroatoms. The highest BCUT2D eigenvalue weighted by atomic mass is 16.5. The first-order valence-electron chi connectivity index (χ1n) is 11.2. The molecule has 0 bridgehead atoms. The minimum absolute atomic E-state index is 0.0772. The van der Waals surface area contributed by atoms with E-state index in [9.17, 15) is 24.0 Å². The Kier molecular flexibility index (Phi) is 8.49. The molecule has 0 aromatic heterocycles. The van der Waals surface area contributed by atoms with Crippen molar-refractivity contribution in [1.82, 2.24) is 10.2 Å². The SMILES string of the molecule is CC(C)=C1C(=N)NC(=O)N(c2ccccc2)C1=O.CC(C)=C1C(=O)N(C(N)=O)C(=O)N=C1OC(C)(C)C. The first-order valence-corrected chi connectivity index (χ1v) is 11.2. The highest BCUT2D eigenvalue weighted by Crippen LogP contribution is 2.23. The number of allylic oxidation sites excluding steroid dienone is 2. The number of anilines is 1. The van der Waals surface area contributed by atoms with Gasteiger partial charge in [0.2, 0.25) is 5.90 Å². The van der Waals surface area contributed by atoms with Gasteiger partial charge in [-0.2, -0.15) is 9.89 Å². The van der Waals surface area contributed by atoms with Crippen LogP contribution in [0.1, 0.15) is 48.5 Å². The van der Waals surface area contributed by atoms with E-state index in [2.05, 4.69) is 10.3 Å². The molecule has 0 aliphatic carbocycles. The molecule has 1 aromatic carbocycles. The maximum Gasteiger partial charge on any atom is 0.362 e. The van der Waals surface area contributed by atoms with Crippen molar-refractivity contribution in [1.29, 1.82) is 5.41 Å². The van der Waals surface area contributed by atoms with Crippen molar-refractivity contribution in [3.05, 3.63) is 52.6 Å². The Morgan fingerprint density at radius 1 is 0.946 bits per heavy atom. The van der Waals surface area contributed by atoms with Crippen LogP contribution in [0.5, 0.6) is 0 Å². The molecule has 0 radical (unpaired) electrons. The summed E-state index contributed by atoms with van der Waals surface area (Å²) in [6, 6.07) is 5.86. The fraction of sp³-hybridized carbons (Fsp3) is 0.320. The van der Waals surface area contributed by atoms with Gasteiger partial charge < -0.3 is 10.5 Å². The summed E-state index contributed by atoms with van der Waals surface area (Å²) in [6.07, 6.45) is 0. The van der Waals surface area contributed by atoms with Crippen molar-refractivity contribution in [3.63, 3.8) is 0 Å². The zero-order chi connectivity index (χ0) is 28.2. The van der Waals surface area contributed by atoms with Gasteiger partial charge in [-0.1, -0.05) is 29.3 Å². The predicted octanol–water partition coefficient (Wildman–Crippen LogP) is 3.63. The van der Waals surface area contributed by atoms with Gasteiger partial charge in [0.25, 0.3) is 11.8 Å². The number of hydrogen-bond acceptors (Lipinski definition) is 7. The maximum absolute atomic E-state index is 12.3. The van der Waals surface area contributed by atoms with Gasteiger partial charge in [-0.3, -0.25) is 20.3 Å². The molecular weight excluding hydrogens is 480 g/mol. The van der Waals surface area contributed by atoms with Gasteiger partial charge in [-0.25, -0.2) is 19.3 Å². The molecule has 0 spiro atoms. The molecular formula is C25H30N6O6. The molecule has 4 N–H and O–H groups in total. The highest BCUT2D eigenvalue weighted by molar-refractivity contribution is 6.38. The first-order chi connectivity index (χ1) is 17.1. The maximum atomic E-state index is 12.3. The monoisotopic (exact) mass is 510 g/mol. The molecule has 12 nitrogen and oxygen atoms in total. The van der Waals surface area contributed by atoms with Gasteiger partial charge in [0.1, 0.15) is 17.0 Å². The zero-order valence-electron chi connectivity index (χ0n) is 21.8. The van der Waals surface area contributed by atoms with E-state index in [0.29, 0.717) is 16.8 Å². The number of aliphatic imine (C=N–C) groups is 1. The number of nitrogens with one attached hydrogen (secondary N) is 2. The summed E-state index contributed by atoms with van der Waals surface area (Å²) in [4.78, 5) is 63.9. The summed E-state index contributed by atoms with van der Waals surface area (Å²) in [6.45, 7) is 12.1. The van der Waals surface area contributed by atoms with Gasteiger partial charge in [0.15, 0.2) is 0 Å². The number of rotatable bonds is 1. The second-order valence-electron chi connectivity index (χ2n) is 9.42. The average Bonchev–Trinajstić information content (AvgIpc) is 2.72. The average molecular weight is 511 g/mol. The van der Waals surface area contributed by atoms with Crippen molar-refractivity contribution in [3.8, 4) is 0 Å². The molecule has 3 rings (SSSR count). The Morgan fingerprint density at radius 2 is 1.49 bits per heavy atom. The quantitative estimate of drug-likeness (QED) is 0.486. The van der Waals surface area contributed by atoms with Crippen LogP contribution in [0.4, 0.5) is 20.1 Å². The third kappa shape index (κ3) is 6.54. The Bertz CT molecular complexity index is 1260. The molecule has 8 amide bonds. The number of urea groups is 3. The number of para-hydroxylation sites is 1. The predicted molar refractivity (Wildman–Crippen MR) is 137 cm³/mol. The number of carbonyl (C=O) groups excluding carboxylic acids is 5. The number of benzene rings is 1. The van der Waals surface area contributed by atoms with Gasteiger partial charge in [-0.05, 0) is 60.6 Å². The minimum Gasteiger partial charge on any atom is -0.471 e. The van der Waals surface area contributed by atoms with E-state index < -0.39 is 35.5 Å². The number of amides is 8. The number of imide groups is 4. The third-order valence-corrected chi connectivity index (χ3v) is 4.76. The van der Waals surface area contributed by atoms with Gasteiger partial charge in [0, 0.05) is 0 Å². The molecule has 196 valence electrons. The van der Waals surface area contributed by atoms with Crippen LogP contribution in [0, 0.1) is 5.41 Å². The van der Waals surface area contributed by atoms with Crippen molar-refractivity contribution < 1.29 is 28.7 Å². The van der Waals surface area contributed by atoms with E-state index in [1.807, 2.05) is 0 Å². The van der Waals surface area contributed by atoms with E-state index in [4.69, 9.17) is 15.9 Å². The largest absolute Gasteiger partial charge is 0.471 e. The standard InChI is InChI=1S/C13H13N3O2.C12H17N3O4/c1-8(2)10-11(14)15-13(18)16(12(10)17)9-6-4-3-5-7-9;1-6(2)7-8(19-12(3,4)5)14-11(18)15(9(7)16)10(13)17/h3-7H,1-2H3,(H2,14,15,18);1-5H3,(H2,13,17). The third-order valence-electron chi connectivity index (χ3n) is 4.76. The van der Waals surface area contributed by atoms with Gasteiger partial charge in [0.05, 0.1) is 11.3 Å². The summed E-state index contributed by atoms with van der Waals surface area (Å²) in [5.74, 6) is -1.50. The van der Waals surface area contributed by atoms with Crippen LogP contribution in [0.15, 0.2) is 57.6 Å². The molecule has 0 unspecified atom stereocenters. The van der Waals surface area contributed by atoms with Crippen LogP contribution >= 0.6 is 0 Å². The highest BCUT2D eigenvalue weighted by Gasteiger charge is 2.39. The lowest BCUT2D eigenvalue weighted by Gasteiger charge is -2.28. The van der Waals surface area contributed by atoms with E-state index in [1.165, 1.54) is 0 Å². The Balaban J connectivity index is 0.000000260. The molecule has 1 fully saturated rings. The summed E-state index contributed by atoms with van der Waals surface area (Å²) in [5.41, 5.74) is 6.45. The normalized spacial score (nSPS) is 16.1. The summed E-state index contributed by atoms with van der Waals surface area (Å²) in [5, 5.41) is 10.0. The number of hydrogen-bond donors (Lipinski definition) is 3. The van der Waals surface area contributed by atoms with E-state index in [-0.39, 0.29) is 27.8 Å². The summed E-state index contributed by atoms with van der Waals surface area (Å²) < 4.78 is 5.49. The summed E-state index contributed by atoms with van der Waals surface area (Å²) in [7, 11) is 0. The topological polar surface area (TPSA) is 175 Å². The second-order valence-corrected chi connectivity index (χ2v) is 9.42. The number of nitrogens with two attached hydrogens (primary N) is 1. The smallest absolute Gasteiger partial charge is 0.362 e. The lowest BCUT2D eigenvalue weighted by molar-refractivity contribution is -0.122. The Labute approximate surface area is 214 Å². The number of amidine groups is 1. The lowest BCUT2D eigenvalue weighted by Crippen LogP contribution is -2.54. The second kappa shape index (κ2) is 11.0.